The molecule has 0 aromatic heterocycles. The van der Waals surface area contributed by atoms with Crippen LogP contribution in [-0.4, -0.2) is 20.0 Å². The van der Waals surface area contributed by atoms with E-state index in [0.29, 0.717) is 6.42 Å². The van der Waals surface area contributed by atoms with Gasteiger partial charge in [0.2, 0.25) is 0 Å². The Hall–Kier alpha value is -1.77. The second-order valence-corrected chi connectivity index (χ2v) is 6.47. The van der Waals surface area contributed by atoms with Crippen molar-refractivity contribution in [1.82, 2.24) is 0 Å². The van der Waals surface area contributed by atoms with Gasteiger partial charge in [-0.1, -0.05) is 51.2 Å². The molecule has 140 valence electrons. The Morgan fingerprint density at radius 2 is 1.68 bits per heavy atom. The number of methoxy groups -OCH3 is 2. The van der Waals surface area contributed by atoms with Gasteiger partial charge >= 0.3 is 0 Å². The quantitative estimate of drug-likeness (QED) is 0.311. The van der Waals surface area contributed by atoms with Crippen LogP contribution >= 0.6 is 0 Å². The summed E-state index contributed by atoms with van der Waals surface area (Å²) < 4.78 is 10.6. The third-order valence-corrected chi connectivity index (χ3v) is 4.36. The van der Waals surface area contributed by atoms with Gasteiger partial charge in [-0.15, -0.1) is 0 Å². The number of allylic oxidation sites excluding steroid dienone is 2. The van der Waals surface area contributed by atoms with Crippen molar-refractivity contribution >= 4 is 5.78 Å². The average molecular weight is 347 g/mol. The van der Waals surface area contributed by atoms with Gasteiger partial charge in [-0.3, -0.25) is 4.79 Å². The van der Waals surface area contributed by atoms with Crippen LogP contribution in [-0.2, 0) is 11.2 Å². The Bertz CT molecular complexity index is 520. The second-order valence-electron chi connectivity index (χ2n) is 6.47. The monoisotopic (exact) mass is 346 g/mol. The molecule has 0 aliphatic heterocycles. The first-order valence-corrected chi connectivity index (χ1v) is 9.61. The number of aryl methyl sites for hydroxylation is 1. The third-order valence-electron chi connectivity index (χ3n) is 4.36. The molecule has 0 spiro atoms. The highest BCUT2D eigenvalue weighted by molar-refractivity contribution is 5.89. The van der Waals surface area contributed by atoms with E-state index in [4.69, 9.17) is 9.47 Å². The highest BCUT2D eigenvalue weighted by Crippen LogP contribution is 2.28. The van der Waals surface area contributed by atoms with Gasteiger partial charge in [-0.05, 0) is 49.5 Å². The minimum Gasteiger partial charge on any atom is -0.493 e. The van der Waals surface area contributed by atoms with Crippen molar-refractivity contribution in [3.8, 4) is 11.5 Å². The number of rotatable bonds is 14. The van der Waals surface area contributed by atoms with Gasteiger partial charge in [-0.25, -0.2) is 0 Å². The standard InChI is InChI=1S/C22H34O3/c1-4-5-6-7-8-11-14-20(23)15-12-9-10-13-19-16-17-21(24-2)22(18-19)25-3/h12,15-18H,4-11,13-14H2,1-3H3. The highest BCUT2D eigenvalue weighted by atomic mass is 16.5. The van der Waals surface area contributed by atoms with E-state index in [1.807, 2.05) is 18.2 Å². The molecule has 0 unspecified atom stereocenters. The fourth-order valence-corrected chi connectivity index (χ4v) is 2.84. The first-order valence-electron chi connectivity index (χ1n) is 9.61. The van der Waals surface area contributed by atoms with E-state index in [2.05, 4.69) is 13.0 Å². The van der Waals surface area contributed by atoms with Gasteiger partial charge < -0.3 is 9.47 Å². The number of carbonyl (C=O) groups is 1. The molecule has 1 aromatic carbocycles. The molecule has 0 aliphatic carbocycles. The molecule has 0 amide bonds. The predicted octanol–water partition coefficient (Wildman–Crippen LogP) is 5.90. The Kier molecular flexibility index (Phi) is 11.5. The Morgan fingerprint density at radius 3 is 2.40 bits per heavy atom. The normalized spacial score (nSPS) is 11.0. The summed E-state index contributed by atoms with van der Waals surface area (Å²) in [7, 11) is 3.30. The number of ether oxygens (including phenoxy) is 2. The smallest absolute Gasteiger partial charge is 0.160 e. The molecule has 3 nitrogen and oxygen atoms in total. The largest absolute Gasteiger partial charge is 0.493 e. The van der Waals surface area contributed by atoms with Gasteiger partial charge in [-0.2, -0.15) is 0 Å². The SMILES string of the molecule is CCCCCCCCC(=O)C=CCCCc1ccc(OC)c(OC)c1. The van der Waals surface area contributed by atoms with Crippen LogP contribution < -0.4 is 9.47 Å². The molecular weight excluding hydrogens is 312 g/mol. The molecule has 0 N–H and O–H groups in total. The molecule has 0 aliphatic rings. The number of hydrogen-bond acceptors (Lipinski definition) is 3. The topological polar surface area (TPSA) is 35.5 Å². The summed E-state index contributed by atoms with van der Waals surface area (Å²) in [4.78, 5) is 11.8. The van der Waals surface area contributed by atoms with E-state index in [9.17, 15) is 4.79 Å². The number of benzene rings is 1. The Balaban J connectivity index is 2.17. The van der Waals surface area contributed by atoms with Gasteiger partial charge in [0.1, 0.15) is 0 Å². The van der Waals surface area contributed by atoms with Crippen LogP contribution in [0.5, 0.6) is 11.5 Å². The van der Waals surface area contributed by atoms with Crippen LogP contribution in [0.15, 0.2) is 30.4 Å². The Labute approximate surface area is 153 Å². The van der Waals surface area contributed by atoms with E-state index >= 15 is 0 Å². The van der Waals surface area contributed by atoms with Crippen molar-refractivity contribution in [2.45, 2.75) is 71.1 Å². The van der Waals surface area contributed by atoms with E-state index in [-0.39, 0.29) is 5.78 Å². The number of hydrogen-bond donors (Lipinski definition) is 0. The minimum atomic E-state index is 0.265. The molecule has 0 fully saturated rings. The predicted molar refractivity (Wildman–Crippen MR) is 105 cm³/mol. The van der Waals surface area contributed by atoms with Crippen LogP contribution in [0, 0.1) is 0 Å². The van der Waals surface area contributed by atoms with E-state index in [1.165, 1.54) is 37.7 Å². The maximum absolute atomic E-state index is 11.8. The molecule has 1 rings (SSSR count). The summed E-state index contributed by atoms with van der Waals surface area (Å²) in [5.74, 6) is 1.79. The summed E-state index contributed by atoms with van der Waals surface area (Å²) in [5.41, 5.74) is 1.23. The maximum atomic E-state index is 11.8. The first-order chi connectivity index (χ1) is 12.2. The molecule has 0 saturated carbocycles. The zero-order chi connectivity index (χ0) is 18.3. The molecule has 1 aromatic rings. The second kappa shape index (κ2) is 13.5. The lowest BCUT2D eigenvalue weighted by atomic mass is 10.1. The zero-order valence-corrected chi connectivity index (χ0v) is 16.2. The lowest BCUT2D eigenvalue weighted by Gasteiger charge is -2.09. The fraction of sp³-hybridized carbons (Fsp3) is 0.591. The summed E-state index contributed by atoms with van der Waals surface area (Å²) in [6, 6.07) is 6.02. The maximum Gasteiger partial charge on any atom is 0.160 e. The molecule has 0 bridgehead atoms. The van der Waals surface area contributed by atoms with Gasteiger partial charge in [0.25, 0.3) is 0 Å². The van der Waals surface area contributed by atoms with Crippen molar-refractivity contribution in [3.05, 3.63) is 35.9 Å². The lowest BCUT2D eigenvalue weighted by molar-refractivity contribution is -0.114. The van der Waals surface area contributed by atoms with Crippen LogP contribution in [0.1, 0.15) is 70.3 Å². The average Bonchev–Trinajstić information content (AvgIpc) is 2.64. The Morgan fingerprint density at radius 1 is 0.960 bits per heavy atom. The number of unbranched alkanes of at least 4 members (excludes halogenated alkanes) is 6. The lowest BCUT2D eigenvalue weighted by Crippen LogP contribution is -1.93. The van der Waals surface area contributed by atoms with Crippen LogP contribution in [0.3, 0.4) is 0 Å². The third kappa shape index (κ3) is 9.33. The molecule has 0 saturated heterocycles. The summed E-state index contributed by atoms with van der Waals surface area (Å²) >= 11 is 0. The fourth-order valence-electron chi connectivity index (χ4n) is 2.84. The van der Waals surface area contributed by atoms with Crippen molar-refractivity contribution in [3.63, 3.8) is 0 Å². The molecule has 0 heterocycles. The van der Waals surface area contributed by atoms with Crippen LogP contribution in [0.2, 0.25) is 0 Å². The van der Waals surface area contributed by atoms with Crippen molar-refractivity contribution in [1.29, 1.82) is 0 Å². The van der Waals surface area contributed by atoms with E-state index in [1.54, 1.807) is 20.3 Å². The molecule has 3 heteroatoms. The summed E-state index contributed by atoms with van der Waals surface area (Å²) in [6.45, 7) is 2.22. The van der Waals surface area contributed by atoms with Crippen molar-refractivity contribution in [2.75, 3.05) is 14.2 Å². The van der Waals surface area contributed by atoms with Gasteiger partial charge in [0.05, 0.1) is 14.2 Å². The molecule has 0 atom stereocenters. The highest BCUT2D eigenvalue weighted by Gasteiger charge is 2.04. The summed E-state index contributed by atoms with van der Waals surface area (Å²) in [5, 5.41) is 0. The minimum absolute atomic E-state index is 0.265. The molecule has 25 heavy (non-hydrogen) atoms. The van der Waals surface area contributed by atoms with Crippen molar-refractivity contribution < 1.29 is 14.3 Å². The van der Waals surface area contributed by atoms with E-state index < -0.39 is 0 Å². The number of carbonyl (C=O) groups excluding carboxylic acids is 1. The van der Waals surface area contributed by atoms with Gasteiger partial charge in [0, 0.05) is 6.42 Å². The van der Waals surface area contributed by atoms with Gasteiger partial charge in [0.15, 0.2) is 17.3 Å². The van der Waals surface area contributed by atoms with E-state index in [0.717, 1.165) is 37.2 Å². The van der Waals surface area contributed by atoms with Crippen molar-refractivity contribution in [2.24, 2.45) is 0 Å². The summed E-state index contributed by atoms with van der Waals surface area (Å²) in [6.07, 6.45) is 14.7. The van der Waals surface area contributed by atoms with Crippen LogP contribution in [0.25, 0.3) is 0 Å². The first kappa shape index (κ1) is 21.3. The molecular formula is C22H34O3. The zero-order valence-electron chi connectivity index (χ0n) is 16.2. The van der Waals surface area contributed by atoms with Crippen LogP contribution in [0.4, 0.5) is 0 Å². The molecule has 0 radical (unpaired) electrons. The number of ketones is 1.